The lowest BCUT2D eigenvalue weighted by atomic mass is 10.2. The van der Waals surface area contributed by atoms with E-state index in [2.05, 4.69) is 20.4 Å². The largest absolute Gasteiger partial charge is 0.465 e. The molecule has 3 aromatic rings. The molecule has 1 aliphatic heterocycles. The minimum absolute atomic E-state index is 0.101. The normalized spacial score (nSPS) is 14.4. The third kappa shape index (κ3) is 4.29. The Balaban J connectivity index is 1.49. The van der Waals surface area contributed by atoms with Gasteiger partial charge in [-0.15, -0.1) is 0 Å². The fourth-order valence-electron chi connectivity index (χ4n) is 3.50. The summed E-state index contributed by atoms with van der Waals surface area (Å²) in [4.78, 5) is 31.7. The van der Waals surface area contributed by atoms with Crippen LogP contribution in [-0.2, 0) is 26.2 Å². The Labute approximate surface area is 167 Å². The van der Waals surface area contributed by atoms with Crippen LogP contribution >= 0.6 is 0 Å². The number of nitrogens with one attached hydrogen (secondary N) is 1. The lowest BCUT2D eigenvalue weighted by Gasteiger charge is -2.18. The standard InChI is InChI=1S/C20H23N5O4/c1-13-4-5-16(28-13)11-24-6-3-7-25-18(12-24)23-15(8-19(25)26)9-21-20(27)17-10-22-29-14(17)2/h4-5,8,10H,3,6-7,9,11-12H2,1-2H3,(H,21,27). The molecule has 0 saturated heterocycles. The minimum atomic E-state index is -0.310. The Morgan fingerprint density at radius 3 is 2.86 bits per heavy atom. The van der Waals surface area contributed by atoms with Gasteiger partial charge in [-0.25, -0.2) is 4.98 Å². The summed E-state index contributed by atoms with van der Waals surface area (Å²) >= 11 is 0. The number of fused-ring (bicyclic) bond motifs is 1. The van der Waals surface area contributed by atoms with Crippen LogP contribution in [0.5, 0.6) is 0 Å². The molecular formula is C20H23N5O4. The molecule has 0 radical (unpaired) electrons. The first kappa shape index (κ1) is 19.1. The van der Waals surface area contributed by atoms with E-state index in [0.717, 1.165) is 24.5 Å². The van der Waals surface area contributed by atoms with Gasteiger partial charge in [-0.3, -0.25) is 19.1 Å². The summed E-state index contributed by atoms with van der Waals surface area (Å²) in [6, 6.07) is 5.40. The van der Waals surface area contributed by atoms with Gasteiger partial charge in [0.1, 0.15) is 28.7 Å². The van der Waals surface area contributed by atoms with Crippen molar-refractivity contribution < 1.29 is 13.7 Å². The average molecular weight is 397 g/mol. The summed E-state index contributed by atoms with van der Waals surface area (Å²) in [6.07, 6.45) is 2.23. The van der Waals surface area contributed by atoms with Crippen LogP contribution in [0.3, 0.4) is 0 Å². The van der Waals surface area contributed by atoms with E-state index < -0.39 is 0 Å². The molecule has 9 heteroatoms. The number of aryl methyl sites for hydroxylation is 2. The summed E-state index contributed by atoms with van der Waals surface area (Å²) in [5.41, 5.74) is 0.798. The number of amides is 1. The first-order valence-corrected chi connectivity index (χ1v) is 9.56. The molecule has 1 aliphatic rings. The molecule has 152 valence electrons. The molecule has 0 spiro atoms. The highest BCUT2D eigenvalue weighted by molar-refractivity contribution is 5.94. The van der Waals surface area contributed by atoms with Crippen molar-refractivity contribution in [3.05, 3.63) is 69.1 Å². The van der Waals surface area contributed by atoms with E-state index in [4.69, 9.17) is 8.94 Å². The lowest BCUT2D eigenvalue weighted by molar-refractivity contribution is 0.0948. The second-order valence-electron chi connectivity index (χ2n) is 7.21. The fourth-order valence-corrected chi connectivity index (χ4v) is 3.50. The van der Waals surface area contributed by atoms with Crippen molar-refractivity contribution in [2.24, 2.45) is 0 Å². The zero-order valence-corrected chi connectivity index (χ0v) is 16.5. The number of hydrogen-bond acceptors (Lipinski definition) is 7. The number of nitrogens with zero attached hydrogens (tertiary/aromatic N) is 4. The highest BCUT2D eigenvalue weighted by Gasteiger charge is 2.19. The molecule has 29 heavy (non-hydrogen) atoms. The van der Waals surface area contributed by atoms with Crippen LogP contribution in [0.1, 0.15) is 45.6 Å². The van der Waals surface area contributed by atoms with Crippen molar-refractivity contribution in [2.75, 3.05) is 6.54 Å². The predicted molar refractivity (Wildman–Crippen MR) is 103 cm³/mol. The Kier molecular flexibility index (Phi) is 5.30. The number of carbonyl (C=O) groups is 1. The van der Waals surface area contributed by atoms with Crippen LogP contribution in [0.2, 0.25) is 0 Å². The van der Waals surface area contributed by atoms with Gasteiger partial charge in [0.05, 0.1) is 31.5 Å². The third-order valence-corrected chi connectivity index (χ3v) is 4.96. The van der Waals surface area contributed by atoms with Crippen LogP contribution in [0.15, 0.2) is 38.1 Å². The number of hydrogen-bond donors (Lipinski definition) is 1. The van der Waals surface area contributed by atoms with Crippen LogP contribution in [0, 0.1) is 13.8 Å². The zero-order valence-electron chi connectivity index (χ0n) is 16.5. The Bertz CT molecular complexity index is 1080. The molecule has 4 heterocycles. The maximum Gasteiger partial charge on any atom is 0.256 e. The number of carbonyl (C=O) groups excluding carboxylic acids is 1. The molecule has 3 aromatic heterocycles. The highest BCUT2D eigenvalue weighted by atomic mass is 16.5. The summed E-state index contributed by atoms with van der Waals surface area (Å²) in [5.74, 6) is 2.61. The van der Waals surface area contributed by atoms with Crippen molar-refractivity contribution in [1.29, 1.82) is 0 Å². The molecule has 4 rings (SSSR count). The van der Waals surface area contributed by atoms with E-state index in [1.807, 2.05) is 19.1 Å². The predicted octanol–water partition coefficient (Wildman–Crippen LogP) is 1.78. The quantitative estimate of drug-likeness (QED) is 0.699. The molecule has 0 unspecified atom stereocenters. The lowest BCUT2D eigenvalue weighted by Crippen LogP contribution is -2.30. The van der Waals surface area contributed by atoms with Crippen LogP contribution < -0.4 is 10.9 Å². The molecule has 0 fully saturated rings. The van der Waals surface area contributed by atoms with E-state index in [9.17, 15) is 9.59 Å². The minimum Gasteiger partial charge on any atom is -0.465 e. The third-order valence-electron chi connectivity index (χ3n) is 4.96. The Hall–Kier alpha value is -3.20. The average Bonchev–Trinajstić information content (AvgIpc) is 3.23. The molecule has 0 aromatic carbocycles. The molecule has 0 aliphatic carbocycles. The molecule has 1 N–H and O–H groups in total. The van der Waals surface area contributed by atoms with Gasteiger partial charge in [0, 0.05) is 19.2 Å². The Morgan fingerprint density at radius 2 is 2.14 bits per heavy atom. The molecule has 9 nitrogen and oxygen atoms in total. The van der Waals surface area contributed by atoms with Gasteiger partial charge in [0.2, 0.25) is 0 Å². The van der Waals surface area contributed by atoms with Gasteiger partial charge >= 0.3 is 0 Å². The number of furan rings is 1. The van der Waals surface area contributed by atoms with E-state index >= 15 is 0 Å². The van der Waals surface area contributed by atoms with E-state index in [0.29, 0.717) is 42.5 Å². The van der Waals surface area contributed by atoms with Gasteiger partial charge in [-0.05, 0) is 32.4 Å². The van der Waals surface area contributed by atoms with Crippen molar-refractivity contribution in [1.82, 2.24) is 24.9 Å². The Morgan fingerprint density at radius 1 is 1.28 bits per heavy atom. The number of aromatic nitrogens is 3. The van der Waals surface area contributed by atoms with Gasteiger partial charge < -0.3 is 14.3 Å². The number of rotatable bonds is 5. The topological polar surface area (TPSA) is 106 Å². The van der Waals surface area contributed by atoms with E-state index in [-0.39, 0.29) is 18.0 Å². The summed E-state index contributed by atoms with van der Waals surface area (Å²) in [6.45, 7) is 6.43. The molecule has 0 saturated carbocycles. The van der Waals surface area contributed by atoms with Crippen molar-refractivity contribution >= 4 is 5.91 Å². The maximum absolute atomic E-state index is 12.6. The first-order valence-electron chi connectivity index (χ1n) is 9.56. The van der Waals surface area contributed by atoms with Crippen molar-refractivity contribution in [3.63, 3.8) is 0 Å². The zero-order chi connectivity index (χ0) is 20.4. The van der Waals surface area contributed by atoms with Crippen molar-refractivity contribution in [3.8, 4) is 0 Å². The summed E-state index contributed by atoms with van der Waals surface area (Å²) in [7, 11) is 0. The van der Waals surface area contributed by atoms with E-state index in [1.165, 1.54) is 12.3 Å². The maximum atomic E-state index is 12.6. The highest BCUT2D eigenvalue weighted by Crippen LogP contribution is 2.15. The second kappa shape index (κ2) is 8.04. The fraction of sp³-hybridized carbons (Fsp3) is 0.400. The monoisotopic (exact) mass is 397 g/mol. The first-order chi connectivity index (χ1) is 14.0. The van der Waals surface area contributed by atoms with Crippen LogP contribution in [-0.4, -0.2) is 32.1 Å². The SMILES string of the molecule is Cc1ccc(CN2CCCn3c(nc(CNC(=O)c4cnoc4C)cc3=O)C2)o1. The second-order valence-corrected chi connectivity index (χ2v) is 7.21. The van der Waals surface area contributed by atoms with E-state index in [1.54, 1.807) is 11.5 Å². The molecule has 0 atom stereocenters. The van der Waals surface area contributed by atoms with Crippen LogP contribution in [0.4, 0.5) is 0 Å². The molecular weight excluding hydrogens is 374 g/mol. The summed E-state index contributed by atoms with van der Waals surface area (Å²) in [5, 5.41) is 6.37. The van der Waals surface area contributed by atoms with Gasteiger partial charge in [-0.2, -0.15) is 0 Å². The molecule has 0 bridgehead atoms. The smallest absolute Gasteiger partial charge is 0.256 e. The molecule has 1 amide bonds. The summed E-state index contributed by atoms with van der Waals surface area (Å²) < 4.78 is 12.3. The van der Waals surface area contributed by atoms with Gasteiger partial charge in [0.15, 0.2) is 0 Å². The van der Waals surface area contributed by atoms with Gasteiger partial charge in [0.25, 0.3) is 11.5 Å². The van der Waals surface area contributed by atoms with Crippen molar-refractivity contribution in [2.45, 2.75) is 46.4 Å². The van der Waals surface area contributed by atoms with Crippen LogP contribution in [0.25, 0.3) is 0 Å². The van der Waals surface area contributed by atoms with Gasteiger partial charge in [-0.1, -0.05) is 5.16 Å².